The maximum absolute atomic E-state index is 12.5. The number of ether oxygens (including phenoxy) is 3. The first-order valence-corrected chi connectivity index (χ1v) is 9.91. The Morgan fingerprint density at radius 2 is 1.79 bits per heavy atom. The Morgan fingerprint density at radius 1 is 1.14 bits per heavy atom. The first-order valence-electron chi connectivity index (χ1n) is 9.91. The quantitative estimate of drug-likeness (QED) is 0.540. The lowest BCUT2D eigenvalue weighted by molar-refractivity contribution is -0.159. The number of aromatic hydroxyl groups is 1. The molecule has 3 atom stereocenters. The molecule has 164 valence electrons. The number of carbonyl (C=O) groups excluding carboxylic acids is 2. The van der Waals surface area contributed by atoms with Gasteiger partial charge in [-0.25, -0.2) is 9.78 Å². The Morgan fingerprint density at radius 3 is 2.34 bits per heavy atom. The third-order valence-corrected chi connectivity index (χ3v) is 4.20. The van der Waals surface area contributed by atoms with E-state index in [-0.39, 0.29) is 23.3 Å². The van der Waals surface area contributed by atoms with Crippen molar-refractivity contribution in [3.63, 3.8) is 0 Å². The number of hydrogen-bond acceptors (Lipinski definition) is 7. The van der Waals surface area contributed by atoms with E-state index in [9.17, 15) is 14.7 Å². The van der Waals surface area contributed by atoms with E-state index >= 15 is 0 Å². The molecule has 0 saturated carbocycles. The summed E-state index contributed by atoms with van der Waals surface area (Å²) in [6, 6.07) is 0.500. The van der Waals surface area contributed by atoms with E-state index in [1.807, 2.05) is 0 Å². The summed E-state index contributed by atoms with van der Waals surface area (Å²) in [5, 5.41) is 12.5. The number of hydrogen-bond donors (Lipinski definition) is 2. The fourth-order valence-corrected chi connectivity index (χ4v) is 2.63. The van der Waals surface area contributed by atoms with Crippen LogP contribution in [0.15, 0.2) is 12.3 Å². The first kappa shape index (κ1) is 24.7. The Labute approximate surface area is 172 Å². The van der Waals surface area contributed by atoms with Crippen LogP contribution in [0, 0.1) is 11.8 Å². The Hall–Kier alpha value is -2.35. The second-order valence-electron chi connectivity index (χ2n) is 7.94. The summed E-state index contributed by atoms with van der Waals surface area (Å²) in [6.07, 6.45) is 1.39. The molecule has 8 heteroatoms. The topological polar surface area (TPSA) is 107 Å². The van der Waals surface area contributed by atoms with Crippen molar-refractivity contribution in [2.24, 2.45) is 11.8 Å². The molecule has 0 aliphatic heterocycles. The number of carbonyl (C=O) groups is 2. The normalized spacial score (nSPS) is 14.4. The number of nitrogens with zero attached hydrogens (tertiary/aromatic N) is 1. The van der Waals surface area contributed by atoms with Gasteiger partial charge < -0.3 is 24.6 Å². The first-order chi connectivity index (χ1) is 13.6. The molecule has 1 aromatic rings. The van der Waals surface area contributed by atoms with Gasteiger partial charge in [-0.15, -0.1) is 0 Å². The minimum absolute atomic E-state index is 0.118. The van der Waals surface area contributed by atoms with E-state index < -0.39 is 24.0 Å². The lowest BCUT2D eigenvalue weighted by atomic mass is 10.0. The maximum atomic E-state index is 12.5. The summed E-state index contributed by atoms with van der Waals surface area (Å²) in [6.45, 7) is 12.1. The summed E-state index contributed by atoms with van der Waals surface area (Å²) < 4.78 is 16.4. The van der Waals surface area contributed by atoms with Crippen molar-refractivity contribution in [1.29, 1.82) is 0 Å². The Balaban J connectivity index is 2.73. The molecule has 0 radical (unpaired) electrons. The van der Waals surface area contributed by atoms with Crippen LogP contribution >= 0.6 is 0 Å². The van der Waals surface area contributed by atoms with E-state index in [0.717, 1.165) is 6.42 Å². The molecule has 0 aromatic carbocycles. The fraction of sp³-hybridized carbons (Fsp3) is 0.667. The average molecular weight is 411 g/mol. The van der Waals surface area contributed by atoms with Crippen LogP contribution in [-0.2, 0) is 14.3 Å². The number of amides is 1. The van der Waals surface area contributed by atoms with Crippen LogP contribution in [0.4, 0.5) is 0 Å². The van der Waals surface area contributed by atoms with Gasteiger partial charge in [-0.1, -0.05) is 27.7 Å². The van der Waals surface area contributed by atoms with E-state index in [0.29, 0.717) is 18.4 Å². The van der Waals surface area contributed by atoms with Gasteiger partial charge in [-0.3, -0.25) is 4.79 Å². The van der Waals surface area contributed by atoms with Gasteiger partial charge in [0.15, 0.2) is 17.2 Å². The summed E-state index contributed by atoms with van der Waals surface area (Å²) in [5.41, 5.74) is -0.227. The number of esters is 1. The highest BCUT2D eigenvalue weighted by Crippen LogP contribution is 2.27. The molecule has 0 spiro atoms. The van der Waals surface area contributed by atoms with Crippen molar-refractivity contribution in [3.05, 3.63) is 18.0 Å². The van der Waals surface area contributed by atoms with Crippen LogP contribution in [0.25, 0.3) is 0 Å². The van der Waals surface area contributed by atoms with E-state index in [4.69, 9.17) is 14.2 Å². The summed E-state index contributed by atoms with van der Waals surface area (Å²) in [4.78, 5) is 28.7. The largest absolute Gasteiger partial charge is 0.503 e. The summed E-state index contributed by atoms with van der Waals surface area (Å²) in [7, 11) is 1.37. The van der Waals surface area contributed by atoms with E-state index in [1.165, 1.54) is 26.3 Å². The van der Waals surface area contributed by atoms with Crippen molar-refractivity contribution in [2.45, 2.75) is 66.2 Å². The van der Waals surface area contributed by atoms with Gasteiger partial charge in [-0.05, 0) is 32.1 Å². The molecule has 1 amide bonds. The van der Waals surface area contributed by atoms with Crippen molar-refractivity contribution < 1.29 is 28.9 Å². The second-order valence-corrected chi connectivity index (χ2v) is 7.94. The van der Waals surface area contributed by atoms with Gasteiger partial charge in [0, 0.05) is 18.9 Å². The highest BCUT2D eigenvalue weighted by Gasteiger charge is 2.27. The minimum atomic E-state index is -0.929. The zero-order chi connectivity index (χ0) is 22.1. The highest BCUT2D eigenvalue weighted by molar-refractivity contribution is 5.97. The molecule has 0 aliphatic rings. The maximum Gasteiger partial charge on any atom is 0.328 e. The van der Waals surface area contributed by atoms with E-state index in [2.05, 4.69) is 38.0 Å². The third-order valence-electron chi connectivity index (χ3n) is 4.20. The minimum Gasteiger partial charge on any atom is -0.503 e. The van der Waals surface area contributed by atoms with Crippen molar-refractivity contribution in [3.8, 4) is 11.5 Å². The smallest absolute Gasteiger partial charge is 0.328 e. The molecule has 1 rings (SSSR count). The monoisotopic (exact) mass is 410 g/mol. The second kappa shape index (κ2) is 11.6. The van der Waals surface area contributed by atoms with Gasteiger partial charge in [0.25, 0.3) is 5.91 Å². The van der Waals surface area contributed by atoms with Crippen LogP contribution in [0.1, 0.15) is 58.5 Å². The molecule has 1 heterocycles. The number of nitrogens with one attached hydrogen (secondary N) is 1. The van der Waals surface area contributed by atoms with Crippen LogP contribution in [0.5, 0.6) is 11.5 Å². The van der Waals surface area contributed by atoms with Gasteiger partial charge in [-0.2, -0.15) is 0 Å². The van der Waals surface area contributed by atoms with Gasteiger partial charge in [0.05, 0.1) is 13.2 Å². The van der Waals surface area contributed by atoms with Gasteiger partial charge in [0.2, 0.25) is 0 Å². The molecule has 2 N–H and O–H groups in total. The molecule has 29 heavy (non-hydrogen) atoms. The van der Waals surface area contributed by atoms with Crippen LogP contribution in [0.3, 0.4) is 0 Å². The molecule has 0 saturated heterocycles. The standard InChI is InChI=1S/C21H34N2O6/c1-12(2)10-17(28-11-13(3)4)15(6)29-21(26)14(5)23-20(25)18-19(24)16(27-7)8-9-22-18/h8-9,12-15,17,24H,10-11H2,1-7H3,(H,23,25)/t14-,15-,17+/m0/s1. The molecule has 0 fully saturated rings. The number of rotatable bonds is 11. The highest BCUT2D eigenvalue weighted by atomic mass is 16.6. The average Bonchev–Trinajstić information content (AvgIpc) is 2.64. The zero-order valence-corrected chi connectivity index (χ0v) is 18.4. The van der Waals surface area contributed by atoms with Crippen LogP contribution in [0.2, 0.25) is 0 Å². The van der Waals surface area contributed by atoms with Gasteiger partial charge >= 0.3 is 5.97 Å². The van der Waals surface area contributed by atoms with Crippen molar-refractivity contribution >= 4 is 11.9 Å². The molecule has 0 unspecified atom stereocenters. The lowest BCUT2D eigenvalue weighted by Gasteiger charge is -2.27. The Bertz CT molecular complexity index is 677. The molecular weight excluding hydrogens is 376 g/mol. The number of aromatic nitrogens is 1. The lowest BCUT2D eigenvalue weighted by Crippen LogP contribution is -2.43. The zero-order valence-electron chi connectivity index (χ0n) is 18.4. The third kappa shape index (κ3) is 7.89. The molecule has 8 nitrogen and oxygen atoms in total. The van der Waals surface area contributed by atoms with Gasteiger partial charge in [0.1, 0.15) is 12.1 Å². The fourth-order valence-electron chi connectivity index (χ4n) is 2.63. The molecule has 0 aliphatic carbocycles. The van der Waals surface area contributed by atoms with Crippen LogP contribution < -0.4 is 10.1 Å². The molecule has 1 aromatic heterocycles. The van der Waals surface area contributed by atoms with Crippen molar-refractivity contribution in [1.82, 2.24) is 10.3 Å². The van der Waals surface area contributed by atoms with E-state index in [1.54, 1.807) is 6.92 Å². The molecular formula is C21H34N2O6. The summed E-state index contributed by atoms with van der Waals surface area (Å²) >= 11 is 0. The van der Waals surface area contributed by atoms with Crippen molar-refractivity contribution in [2.75, 3.05) is 13.7 Å². The SMILES string of the molecule is COc1ccnc(C(=O)N[C@@H](C)C(=O)O[C@@H](C)[C@@H](CC(C)C)OCC(C)C)c1O. The molecule has 0 bridgehead atoms. The number of pyridine rings is 1. The van der Waals surface area contributed by atoms with Crippen LogP contribution in [-0.4, -0.2) is 53.9 Å². The predicted octanol–water partition coefficient (Wildman–Crippen LogP) is 2.93. The summed E-state index contributed by atoms with van der Waals surface area (Å²) in [5.74, 6) is -0.807. The number of methoxy groups -OCH3 is 1. The predicted molar refractivity (Wildman–Crippen MR) is 109 cm³/mol. The Kier molecular flexibility index (Phi) is 9.88.